The molecule has 5 nitrogen and oxygen atoms in total. The highest BCUT2D eigenvalue weighted by molar-refractivity contribution is 5.88. The molecule has 5 heteroatoms. The predicted molar refractivity (Wildman–Crippen MR) is 36.6 cm³/mol. The van der Waals surface area contributed by atoms with Gasteiger partial charge in [-0.25, -0.2) is 9.89 Å². The topological polar surface area (TPSA) is 83.0 Å². The van der Waals surface area contributed by atoms with Gasteiger partial charge in [0.2, 0.25) is 0 Å². The number of carboxylic acid groups (broad SMARTS) is 1. The standard InChI is InChI=1S/C6H6N2O3/c1-3-2-7-8-5(9)4(3)6(10)11/h2H,1H3,(H,8,9)(H,10,11). The van der Waals surface area contributed by atoms with Gasteiger partial charge in [-0.15, -0.1) is 0 Å². The monoisotopic (exact) mass is 154 g/mol. The summed E-state index contributed by atoms with van der Waals surface area (Å²) >= 11 is 0. The fourth-order valence-corrected chi connectivity index (χ4v) is 0.753. The fourth-order valence-electron chi connectivity index (χ4n) is 0.753. The maximum atomic E-state index is 10.8. The van der Waals surface area contributed by atoms with E-state index < -0.39 is 11.5 Å². The Hall–Kier alpha value is -1.65. The lowest BCUT2D eigenvalue weighted by atomic mass is 10.2. The number of aromatic carboxylic acids is 1. The minimum Gasteiger partial charge on any atom is -0.477 e. The van der Waals surface area contributed by atoms with Crippen LogP contribution in [0.15, 0.2) is 11.0 Å². The van der Waals surface area contributed by atoms with Crippen molar-refractivity contribution in [3.8, 4) is 0 Å². The van der Waals surface area contributed by atoms with Gasteiger partial charge in [-0.1, -0.05) is 0 Å². The Balaban J connectivity index is 3.45. The molecule has 0 aliphatic rings. The van der Waals surface area contributed by atoms with Gasteiger partial charge in [0, 0.05) is 0 Å². The summed E-state index contributed by atoms with van der Waals surface area (Å²) in [6.45, 7) is 1.52. The summed E-state index contributed by atoms with van der Waals surface area (Å²) < 4.78 is 0. The van der Waals surface area contributed by atoms with E-state index >= 15 is 0 Å². The van der Waals surface area contributed by atoms with E-state index in [4.69, 9.17) is 5.11 Å². The molecule has 0 fully saturated rings. The van der Waals surface area contributed by atoms with Crippen molar-refractivity contribution < 1.29 is 9.90 Å². The largest absolute Gasteiger partial charge is 0.477 e. The Kier molecular flexibility index (Phi) is 1.72. The van der Waals surface area contributed by atoms with Gasteiger partial charge in [0.1, 0.15) is 5.56 Å². The van der Waals surface area contributed by atoms with Crippen LogP contribution in [0.1, 0.15) is 15.9 Å². The quantitative estimate of drug-likeness (QED) is 0.585. The number of H-pyrrole nitrogens is 1. The third-order valence-electron chi connectivity index (χ3n) is 1.26. The molecule has 1 rings (SSSR count). The van der Waals surface area contributed by atoms with Crippen LogP contribution in [-0.2, 0) is 0 Å². The lowest BCUT2D eigenvalue weighted by molar-refractivity contribution is 0.0694. The third kappa shape index (κ3) is 1.26. The van der Waals surface area contributed by atoms with Crippen molar-refractivity contribution in [2.75, 3.05) is 0 Å². The maximum absolute atomic E-state index is 10.8. The van der Waals surface area contributed by atoms with E-state index in [1.165, 1.54) is 13.1 Å². The molecule has 0 aliphatic heterocycles. The van der Waals surface area contributed by atoms with Gasteiger partial charge < -0.3 is 5.11 Å². The van der Waals surface area contributed by atoms with E-state index in [0.717, 1.165) is 0 Å². The van der Waals surface area contributed by atoms with Gasteiger partial charge in [-0.05, 0) is 12.5 Å². The van der Waals surface area contributed by atoms with Crippen molar-refractivity contribution in [1.82, 2.24) is 10.2 Å². The van der Waals surface area contributed by atoms with E-state index in [2.05, 4.69) is 5.10 Å². The Morgan fingerprint density at radius 3 is 2.73 bits per heavy atom. The van der Waals surface area contributed by atoms with Gasteiger partial charge in [0.15, 0.2) is 0 Å². The lowest BCUT2D eigenvalue weighted by Crippen LogP contribution is -2.19. The second-order valence-electron chi connectivity index (χ2n) is 2.06. The number of nitrogens with zero attached hydrogens (tertiary/aromatic N) is 1. The molecule has 2 N–H and O–H groups in total. The molecule has 0 atom stereocenters. The van der Waals surface area contributed by atoms with E-state index in [0.29, 0.717) is 5.56 Å². The highest BCUT2D eigenvalue weighted by Crippen LogP contribution is 1.96. The highest BCUT2D eigenvalue weighted by atomic mass is 16.4. The van der Waals surface area contributed by atoms with E-state index in [9.17, 15) is 9.59 Å². The third-order valence-corrected chi connectivity index (χ3v) is 1.26. The van der Waals surface area contributed by atoms with Crippen LogP contribution in [0.5, 0.6) is 0 Å². The predicted octanol–water partition coefficient (Wildman–Crippen LogP) is -0.223. The summed E-state index contributed by atoms with van der Waals surface area (Å²) in [5, 5.41) is 14.0. The van der Waals surface area contributed by atoms with Crippen molar-refractivity contribution in [2.24, 2.45) is 0 Å². The molecule has 0 unspecified atom stereocenters. The SMILES string of the molecule is Cc1cn[nH]c(=O)c1C(=O)O. The average molecular weight is 154 g/mol. The van der Waals surface area contributed by atoms with Crippen molar-refractivity contribution in [1.29, 1.82) is 0 Å². The number of aromatic amines is 1. The molecule has 1 aromatic heterocycles. The molecule has 1 heterocycles. The zero-order chi connectivity index (χ0) is 8.43. The van der Waals surface area contributed by atoms with Gasteiger partial charge >= 0.3 is 5.97 Å². The number of carbonyl (C=O) groups is 1. The molecule has 0 bridgehead atoms. The zero-order valence-corrected chi connectivity index (χ0v) is 5.79. The van der Waals surface area contributed by atoms with E-state index in [-0.39, 0.29) is 5.56 Å². The first-order valence-electron chi connectivity index (χ1n) is 2.90. The van der Waals surface area contributed by atoms with E-state index in [1.54, 1.807) is 0 Å². The summed E-state index contributed by atoms with van der Waals surface area (Å²) in [6.07, 6.45) is 1.30. The second kappa shape index (κ2) is 2.53. The molecule has 0 amide bonds. The summed E-state index contributed by atoms with van der Waals surface area (Å²) in [5.74, 6) is -1.23. The molecule has 0 radical (unpaired) electrons. The molecule has 0 saturated heterocycles. The maximum Gasteiger partial charge on any atom is 0.341 e. The number of aryl methyl sites for hydroxylation is 1. The Bertz CT molecular complexity index is 342. The van der Waals surface area contributed by atoms with Gasteiger partial charge in [0.25, 0.3) is 5.56 Å². The molecule has 0 aromatic carbocycles. The average Bonchev–Trinajstić information content (AvgIpc) is 1.85. The van der Waals surface area contributed by atoms with Gasteiger partial charge in [-0.3, -0.25) is 4.79 Å². The first kappa shape index (κ1) is 7.46. The highest BCUT2D eigenvalue weighted by Gasteiger charge is 2.10. The van der Waals surface area contributed by atoms with Gasteiger partial charge in [-0.2, -0.15) is 5.10 Å². The number of aromatic nitrogens is 2. The number of nitrogens with one attached hydrogen (secondary N) is 1. The molecule has 0 aliphatic carbocycles. The lowest BCUT2D eigenvalue weighted by Gasteiger charge is -1.94. The smallest absolute Gasteiger partial charge is 0.341 e. The minimum atomic E-state index is -1.23. The molecule has 0 spiro atoms. The van der Waals surface area contributed by atoms with Crippen molar-refractivity contribution in [2.45, 2.75) is 6.92 Å². The molecule has 1 aromatic rings. The Labute approximate surface area is 61.7 Å². The number of carboxylic acids is 1. The van der Waals surface area contributed by atoms with Crippen LogP contribution in [0.2, 0.25) is 0 Å². The zero-order valence-electron chi connectivity index (χ0n) is 5.79. The Morgan fingerprint density at radius 2 is 2.36 bits per heavy atom. The van der Waals surface area contributed by atoms with Gasteiger partial charge in [0.05, 0.1) is 6.20 Å². The first-order valence-corrected chi connectivity index (χ1v) is 2.90. The molecule has 11 heavy (non-hydrogen) atoms. The van der Waals surface area contributed by atoms with Crippen LogP contribution in [0.25, 0.3) is 0 Å². The molecule has 0 saturated carbocycles. The normalized spacial score (nSPS) is 9.55. The van der Waals surface area contributed by atoms with E-state index in [1.807, 2.05) is 5.10 Å². The molecule has 58 valence electrons. The summed E-state index contributed by atoms with van der Waals surface area (Å²) in [7, 11) is 0. The fraction of sp³-hybridized carbons (Fsp3) is 0.167. The number of rotatable bonds is 1. The van der Waals surface area contributed by atoms with Crippen LogP contribution in [0.4, 0.5) is 0 Å². The van der Waals surface area contributed by atoms with Crippen LogP contribution < -0.4 is 5.56 Å². The molecular weight excluding hydrogens is 148 g/mol. The second-order valence-corrected chi connectivity index (χ2v) is 2.06. The molecular formula is C6H6N2O3. The summed E-state index contributed by atoms with van der Waals surface area (Å²) in [5.41, 5.74) is -0.557. The van der Waals surface area contributed by atoms with Crippen molar-refractivity contribution in [3.05, 3.63) is 27.7 Å². The first-order chi connectivity index (χ1) is 5.13. The number of hydrogen-bond acceptors (Lipinski definition) is 3. The number of hydrogen-bond donors (Lipinski definition) is 2. The van der Waals surface area contributed by atoms with Crippen LogP contribution in [0, 0.1) is 6.92 Å². The van der Waals surface area contributed by atoms with Crippen LogP contribution >= 0.6 is 0 Å². The van der Waals surface area contributed by atoms with Crippen LogP contribution in [-0.4, -0.2) is 21.3 Å². The van der Waals surface area contributed by atoms with Crippen molar-refractivity contribution >= 4 is 5.97 Å². The Morgan fingerprint density at radius 1 is 1.73 bits per heavy atom. The van der Waals surface area contributed by atoms with Crippen molar-refractivity contribution in [3.63, 3.8) is 0 Å². The summed E-state index contributed by atoms with van der Waals surface area (Å²) in [6, 6.07) is 0. The van der Waals surface area contributed by atoms with Crippen LogP contribution in [0.3, 0.4) is 0 Å². The minimum absolute atomic E-state index is 0.250. The summed E-state index contributed by atoms with van der Waals surface area (Å²) in [4.78, 5) is 21.2.